The first kappa shape index (κ1) is 28.3. The first-order chi connectivity index (χ1) is 19.5. The maximum atomic E-state index is 13.5. The molecule has 2 aliphatic rings. The fourth-order valence-corrected chi connectivity index (χ4v) is 6.51. The van der Waals surface area contributed by atoms with Gasteiger partial charge in [-0.25, -0.2) is 0 Å². The number of carbonyl (C=O) groups is 2. The zero-order valence-corrected chi connectivity index (χ0v) is 24.1. The Bertz CT molecular complexity index is 1220. The van der Waals surface area contributed by atoms with E-state index in [1.807, 2.05) is 56.3 Å². The molecule has 3 aromatic carbocycles. The highest BCUT2D eigenvalue weighted by Gasteiger charge is 2.28. The topological polar surface area (TPSA) is 49.4 Å². The van der Waals surface area contributed by atoms with Crippen LogP contribution in [0.5, 0.6) is 0 Å². The Balaban J connectivity index is 1.09. The molecule has 1 aliphatic heterocycles. The Hall–Kier alpha value is -3.24. The number of hydrogen-bond donors (Lipinski definition) is 1. The van der Waals surface area contributed by atoms with Crippen LogP contribution in [0.25, 0.3) is 0 Å². The molecule has 4 nitrogen and oxygen atoms in total. The summed E-state index contributed by atoms with van der Waals surface area (Å²) < 4.78 is 0. The van der Waals surface area contributed by atoms with E-state index in [1.165, 1.54) is 30.4 Å². The van der Waals surface area contributed by atoms with Gasteiger partial charge in [-0.3, -0.25) is 9.59 Å². The molecule has 1 amide bonds. The number of ketones is 1. The van der Waals surface area contributed by atoms with Crippen molar-refractivity contribution in [3.05, 3.63) is 107 Å². The Morgan fingerprint density at radius 2 is 1.40 bits per heavy atom. The maximum absolute atomic E-state index is 13.5. The Kier molecular flexibility index (Phi) is 9.49. The van der Waals surface area contributed by atoms with Crippen LogP contribution >= 0.6 is 0 Å². The van der Waals surface area contributed by atoms with Gasteiger partial charge in [-0.1, -0.05) is 86.6 Å². The van der Waals surface area contributed by atoms with Crippen molar-refractivity contribution in [3.8, 4) is 0 Å². The highest BCUT2D eigenvalue weighted by Crippen LogP contribution is 2.30. The molecule has 3 aromatic rings. The van der Waals surface area contributed by atoms with Crippen LogP contribution in [0.15, 0.2) is 78.9 Å². The second-order valence-corrected chi connectivity index (χ2v) is 12.1. The van der Waals surface area contributed by atoms with Gasteiger partial charge in [0.05, 0.1) is 5.92 Å². The molecule has 0 unspecified atom stereocenters. The van der Waals surface area contributed by atoms with Gasteiger partial charge >= 0.3 is 0 Å². The molecule has 1 N–H and O–H groups in total. The molecule has 0 bridgehead atoms. The zero-order valence-electron chi connectivity index (χ0n) is 24.1. The summed E-state index contributed by atoms with van der Waals surface area (Å²) in [6.45, 7) is 7.25. The molecule has 0 radical (unpaired) electrons. The molecule has 210 valence electrons. The average Bonchev–Trinajstić information content (AvgIpc) is 3.19. The van der Waals surface area contributed by atoms with Gasteiger partial charge in [0.1, 0.15) is 0 Å². The van der Waals surface area contributed by atoms with E-state index in [0.29, 0.717) is 0 Å². The number of fused-ring (bicyclic) bond motifs is 1. The van der Waals surface area contributed by atoms with Crippen molar-refractivity contribution < 1.29 is 9.59 Å². The van der Waals surface area contributed by atoms with Gasteiger partial charge in [0.15, 0.2) is 5.78 Å². The van der Waals surface area contributed by atoms with Gasteiger partial charge in [-0.05, 0) is 85.7 Å². The molecule has 0 saturated heterocycles. The summed E-state index contributed by atoms with van der Waals surface area (Å²) in [5.41, 5.74) is 5.72. The number of benzene rings is 3. The van der Waals surface area contributed by atoms with Crippen molar-refractivity contribution in [1.82, 2.24) is 10.2 Å². The molecular formula is C36H44N2O2. The van der Waals surface area contributed by atoms with Gasteiger partial charge in [-0.2, -0.15) is 0 Å². The first-order valence-electron chi connectivity index (χ1n) is 15.3. The fraction of sp³-hybridized carbons (Fsp3) is 0.444. The third kappa shape index (κ3) is 7.09. The quantitative estimate of drug-likeness (QED) is 0.305. The molecule has 0 atom stereocenters. The van der Waals surface area contributed by atoms with Crippen LogP contribution in [0, 0.1) is 11.8 Å². The van der Waals surface area contributed by atoms with E-state index >= 15 is 0 Å². The van der Waals surface area contributed by atoms with Crippen LogP contribution < -0.4 is 5.32 Å². The Labute approximate surface area is 240 Å². The predicted molar refractivity (Wildman–Crippen MR) is 163 cm³/mol. The number of amides is 1. The monoisotopic (exact) mass is 536 g/mol. The molecule has 4 heteroatoms. The molecule has 0 spiro atoms. The highest BCUT2D eigenvalue weighted by atomic mass is 16.2. The lowest BCUT2D eigenvalue weighted by Crippen LogP contribution is -2.41. The third-order valence-electron chi connectivity index (χ3n) is 8.98. The van der Waals surface area contributed by atoms with Crippen molar-refractivity contribution in [2.45, 2.75) is 70.8 Å². The summed E-state index contributed by atoms with van der Waals surface area (Å²) in [5, 5.41) is 3.41. The minimum absolute atomic E-state index is 0.0397. The van der Waals surface area contributed by atoms with Crippen LogP contribution in [-0.4, -0.2) is 42.3 Å². The van der Waals surface area contributed by atoms with Crippen LogP contribution in [-0.2, 0) is 17.6 Å². The second-order valence-electron chi connectivity index (χ2n) is 12.1. The van der Waals surface area contributed by atoms with Crippen molar-refractivity contribution in [1.29, 1.82) is 0 Å². The second kappa shape index (κ2) is 13.4. The van der Waals surface area contributed by atoms with E-state index in [2.05, 4.69) is 46.6 Å². The fourth-order valence-electron chi connectivity index (χ4n) is 6.51. The standard InChI is InChI=1S/C36H44N2O2/c1-26(2)35(39)32-16-15-28-20-23-38(24-21-31(28)25-32)22-19-27-13-17-33(18-14-27)37-36(40)34(29-9-5-3-6-10-29)30-11-7-4-8-12-30/h3-12,15-16,25-27,33-34H,13-14,17-24H2,1-2H3,(H,37,40). The van der Waals surface area contributed by atoms with Gasteiger partial charge < -0.3 is 10.2 Å². The molecule has 40 heavy (non-hydrogen) atoms. The molecule has 1 aliphatic carbocycles. The SMILES string of the molecule is CC(C)C(=O)c1ccc2c(c1)CCN(CCC1CCC(NC(=O)C(c3ccccc3)c3ccccc3)CC1)CC2. The van der Waals surface area contributed by atoms with Gasteiger partial charge in [0, 0.05) is 30.6 Å². The van der Waals surface area contributed by atoms with Gasteiger partial charge in [-0.15, -0.1) is 0 Å². The largest absolute Gasteiger partial charge is 0.353 e. The number of Topliss-reactive ketones (excluding diaryl/α,β-unsaturated/α-hetero) is 1. The van der Waals surface area contributed by atoms with Crippen molar-refractivity contribution in [2.24, 2.45) is 11.8 Å². The zero-order chi connectivity index (χ0) is 27.9. The van der Waals surface area contributed by atoms with E-state index in [4.69, 9.17) is 0 Å². The van der Waals surface area contributed by atoms with Crippen LogP contribution in [0.4, 0.5) is 0 Å². The third-order valence-corrected chi connectivity index (χ3v) is 8.98. The van der Waals surface area contributed by atoms with Crippen molar-refractivity contribution >= 4 is 11.7 Å². The summed E-state index contributed by atoms with van der Waals surface area (Å²) in [4.78, 5) is 28.6. The van der Waals surface area contributed by atoms with E-state index in [9.17, 15) is 9.59 Å². The number of carbonyl (C=O) groups excluding carboxylic acids is 2. The smallest absolute Gasteiger partial charge is 0.232 e. The van der Waals surface area contributed by atoms with E-state index in [-0.39, 0.29) is 29.6 Å². The summed E-state index contributed by atoms with van der Waals surface area (Å²) >= 11 is 0. The molecular weight excluding hydrogens is 492 g/mol. The van der Waals surface area contributed by atoms with E-state index in [1.54, 1.807) is 0 Å². The van der Waals surface area contributed by atoms with Crippen LogP contribution in [0.3, 0.4) is 0 Å². The van der Waals surface area contributed by atoms with E-state index < -0.39 is 0 Å². The van der Waals surface area contributed by atoms with Crippen molar-refractivity contribution in [3.63, 3.8) is 0 Å². The molecule has 1 fully saturated rings. The molecule has 5 rings (SSSR count). The lowest BCUT2D eigenvalue weighted by atomic mass is 9.83. The molecule has 1 saturated carbocycles. The first-order valence-corrected chi connectivity index (χ1v) is 15.3. The summed E-state index contributed by atoms with van der Waals surface area (Å²) in [7, 11) is 0. The summed E-state index contributed by atoms with van der Waals surface area (Å²) in [6, 6.07) is 26.9. The number of hydrogen-bond acceptors (Lipinski definition) is 3. The summed E-state index contributed by atoms with van der Waals surface area (Å²) in [5.74, 6) is 0.854. The van der Waals surface area contributed by atoms with E-state index in [0.717, 1.165) is 67.9 Å². The normalized spacial score (nSPS) is 19.7. The van der Waals surface area contributed by atoms with Gasteiger partial charge in [0.25, 0.3) is 0 Å². The Morgan fingerprint density at radius 3 is 2.00 bits per heavy atom. The number of rotatable bonds is 9. The van der Waals surface area contributed by atoms with Crippen LogP contribution in [0.2, 0.25) is 0 Å². The minimum atomic E-state index is -0.271. The van der Waals surface area contributed by atoms with Crippen molar-refractivity contribution in [2.75, 3.05) is 19.6 Å². The number of nitrogens with zero attached hydrogens (tertiary/aromatic N) is 1. The predicted octanol–water partition coefficient (Wildman–Crippen LogP) is 6.82. The maximum Gasteiger partial charge on any atom is 0.232 e. The Morgan fingerprint density at radius 1 is 0.800 bits per heavy atom. The lowest BCUT2D eigenvalue weighted by molar-refractivity contribution is -0.122. The number of nitrogens with one attached hydrogen (secondary N) is 1. The highest BCUT2D eigenvalue weighted by molar-refractivity contribution is 5.97. The average molecular weight is 537 g/mol. The minimum Gasteiger partial charge on any atom is -0.353 e. The van der Waals surface area contributed by atoms with Gasteiger partial charge in [0.2, 0.25) is 5.91 Å². The summed E-state index contributed by atoms with van der Waals surface area (Å²) in [6.07, 6.45) is 7.80. The van der Waals surface area contributed by atoms with Crippen LogP contribution in [0.1, 0.15) is 84.5 Å². The molecule has 0 aromatic heterocycles. The molecule has 1 heterocycles. The lowest BCUT2D eigenvalue weighted by Gasteiger charge is -2.31.